The molecular weight excluding hydrogens is 294 g/mol. The average Bonchev–Trinajstić information content (AvgIpc) is 2.94. The molecule has 0 saturated heterocycles. The van der Waals surface area contributed by atoms with E-state index in [0.29, 0.717) is 22.3 Å². The molecule has 1 heterocycles. The van der Waals surface area contributed by atoms with Crippen LogP contribution in [-0.2, 0) is 4.79 Å². The largest absolute Gasteiger partial charge is 0.502 e. The number of aromatic nitrogens is 3. The van der Waals surface area contributed by atoms with Gasteiger partial charge in [0.1, 0.15) is 5.78 Å². The molecule has 8 heteroatoms. The molecule has 0 saturated carbocycles. The van der Waals surface area contributed by atoms with Crippen molar-refractivity contribution >= 4 is 17.5 Å². The molecule has 7 nitrogen and oxygen atoms in total. The number of benzene rings is 1. The molecule has 2 aromatic rings. The van der Waals surface area contributed by atoms with Crippen molar-refractivity contribution in [2.24, 2.45) is 0 Å². The third-order valence-electron chi connectivity index (χ3n) is 2.62. The summed E-state index contributed by atoms with van der Waals surface area (Å²) in [6.07, 6.45) is 0. The molecular formula is C13H15N3O4S. The number of hydrogen-bond acceptors (Lipinski definition) is 7. The van der Waals surface area contributed by atoms with Gasteiger partial charge in [0.25, 0.3) is 0 Å². The summed E-state index contributed by atoms with van der Waals surface area (Å²) < 4.78 is 10.2. The molecule has 0 spiro atoms. The Labute approximate surface area is 125 Å². The number of hydrogen-bond donors (Lipinski definition) is 2. The van der Waals surface area contributed by atoms with Crippen LogP contribution in [0.2, 0.25) is 0 Å². The molecule has 0 radical (unpaired) electrons. The molecule has 0 atom stereocenters. The maximum atomic E-state index is 11.0. The van der Waals surface area contributed by atoms with Crippen LogP contribution in [0.1, 0.15) is 6.92 Å². The number of aromatic amines is 1. The Bertz CT molecular complexity index is 632. The number of carbonyl (C=O) groups excluding carboxylic acids is 1. The first-order chi connectivity index (χ1) is 10.0. The smallest absolute Gasteiger partial charge is 0.209 e. The predicted octanol–water partition coefficient (Wildman–Crippen LogP) is 1.88. The van der Waals surface area contributed by atoms with Gasteiger partial charge in [0.05, 0.1) is 20.0 Å². The number of nitrogens with one attached hydrogen (secondary N) is 1. The molecule has 0 aliphatic heterocycles. The molecule has 0 aliphatic carbocycles. The van der Waals surface area contributed by atoms with E-state index in [1.807, 2.05) is 0 Å². The number of ether oxygens (including phenoxy) is 2. The van der Waals surface area contributed by atoms with Gasteiger partial charge in [0.15, 0.2) is 17.3 Å². The van der Waals surface area contributed by atoms with Crippen molar-refractivity contribution in [1.29, 1.82) is 0 Å². The number of carbonyl (C=O) groups is 1. The fraction of sp³-hybridized carbons (Fsp3) is 0.308. The lowest BCUT2D eigenvalue weighted by atomic mass is 10.1. The summed E-state index contributed by atoms with van der Waals surface area (Å²) >= 11 is 1.25. The van der Waals surface area contributed by atoms with Gasteiger partial charge in [-0.3, -0.25) is 9.89 Å². The molecule has 2 rings (SSSR count). The Hall–Kier alpha value is -2.22. The molecule has 0 bridgehead atoms. The summed E-state index contributed by atoms with van der Waals surface area (Å²) in [7, 11) is 2.90. The van der Waals surface area contributed by atoms with E-state index >= 15 is 0 Å². The van der Waals surface area contributed by atoms with Crippen LogP contribution in [0.5, 0.6) is 17.2 Å². The molecule has 0 aliphatic rings. The lowest BCUT2D eigenvalue weighted by Crippen LogP contribution is -1.93. The third-order valence-corrected chi connectivity index (χ3v) is 3.61. The van der Waals surface area contributed by atoms with E-state index in [-0.39, 0.29) is 23.0 Å². The zero-order chi connectivity index (χ0) is 15.4. The third kappa shape index (κ3) is 3.46. The maximum absolute atomic E-state index is 11.0. The molecule has 1 aromatic carbocycles. The Morgan fingerprint density at radius 2 is 1.95 bits per heavy atom. The van der Waals surface area contributed by atoms with E-state index in [1.54, 1.807) is 12.1 Å². The number of phenols is 1. The van der Waals surface area contributed by atoms with Crippen LogP contribution in [-0.4, -0.2) is 46.0 Å². The van der Waals surface area contributed by atoms with Gasteiger partial charge >= 0.3 is 0 Å². The van der Waals surface area contributed by atoms with Crippen LogP contribution in [0, 0.1) is 0 Å². The SMILES string of the molecule is COc1cc(-c2nc(SCC(C)=O)n[nH]2)cc(OC)c1O. The molecule has 2 N–H and O–H groups in total. The monoisotopic (exact) mass is 309 g/mol. The fourth-order valence-electron chi connectivity index (χ4n) is 1.64. The van der Waals surface area contributed by atoms with Crippen molar-refractivity contribution in [2.45, 2.75) is 12.1 Å². The summed E-state index contributed by atoms with van der Waals surface area (Å²) in [5.41, 5.74) is 0.656. The zero-order valence-electron chi connectivity index (χ0n) is 11.8. The second kappa shape index (κ2) is 6.49. The number of nitrogens with zero attached hydrogens (tertiary/aromatic N) is 2. The summed E-state index contributed by atoms with van der Waals surface area (Å²) in [4.78, 5) is 15.2. The molecule has 0 unspecified atom stereocenters. The van der Waals surface area contributed by atoms with Gasteiger partial charge in [-0.05, 0) is 19.1 Å². The van der Waals surface area contributed by atoms with E-state index < -0.39 is 0 Å². The van der Waals surface area contributed by atoms with Crippen molar-refractivity contribution in [3.63, 3.8) is 0 Å². The van der Waals surface area contributed by atoms with Crippen LogP contribution in [0.25, 0.3) is 11.4 Å². The van der Waals surface area contributed by atoms with Crippen LogP contribution in [0.15, 0.2) is 17.3 Å². The second-order valence-electron chi connectivity index (χ2n) is 4.19. The Balaban J connectivity index is 2.31. The van der Waals surface area contributed by atoms with Crippen LogP contribution < -0.4 is 9.47 Å². The van der Waals surface area contributed by atoms with Crippen molar-refractivity contribution < 1.29 is 19.4 Å². The maximum Gasteiger partial charge on any atom is 0.209 e. The van der Waals surface area contributed by atoms with Crippen molar-refractivity contribution in [3.05, 3.63) is 12.1 Å². The first kappa shape index (κ1) is 15.2. The van der Waals surface area contributed by atoms with Crippen molar-refractivity contribution in [2.75, 3.05) is 20.0 Å². The van der Waals surface area contributed by atoms with Gasteiger partial charge < -0.3 is 14.6 Å². The summed E-state index contributed by atoms with van der Waals surface area (Å²) in [6.45, 7) is 1.51. The summed E-state index contributed by atoms with van der Waals surface area (Å²) in [5.74, 6) is 1.35. The normalized spacial score (nSPS) is 10.4. The topological polar surface area (TPSA) is 97.3 Å². The highest BCUT2D eigenvalue weighted by Crippen LogP contribution is 2.39. The Morgan fingerprint density at radius 3 is 2.48 bits per heavy atom. The van der Waals surface area contributed by atoms with E-state index in [9.17, 15) is 9.90 Å². The van der Waals surface area contributed by atoms with Crippen molar-refractivity contribution in [3.8, 4) is 28.6 Å². The van der Waals surface area contributed by atoms with Gasteiger partial charge in [-0.25, -0.2) is 4.98 Å². The standard InChI is InChI=1S/C13H15N3O4S/c1-7(17)6-21-13-14-12(15-16-13)8-4-9(19-2)11(18)10(5-8)20-3/h4-5,18H,6H2,1-3H3,(H,14,15,16). The van der Waals surface area contributed by atoms with Gasteiger partial charge in [-0.2, -0.15) is 0 Å². The highest BCUT2D eigenvalue weighted by molar-refractivity contribution is 7.99. The van der Waals surface area contributed by atoms with E-state index in [1.165, 1.54) is 32.9 Å². The Kier molecular flexibility index (Phi) is 4.69. The number of H-pyrrole nitrogens is 1. The van der Waals surface area contributed by atoms with Gasteiger partial charge in [0, 0.05) is 5.56 Å². The minimum atomic E-state index is -0.0746. The number of Topliss-reactive ketones (excluding diaryl/α,β-unsaturated/α-hetero) is 1. The number of thioether (sulfide) groups is 1. The lowest BCUT2D eigenvalue weighted by molar-refractivity contribution is -0.114. The number of ketones is 1. The number of phenolic OH excluding ortho intramolecular Hbond substituents is 1. The summed E-state index contributed by atoms with van der Waals surface area (Å²) in [6, 6.07) is 3.25. The lowest BCUT2D eigenvalue weighted by Gasteiger charge is -2.09. The molecule has 1 aromatic heterocycles. The highest BCUT2D eigenvalue weighted by Gasteiger charge is 2.15. The predicted molar refractivity (Wildman–Crippen MR) is 78.0 cm³/mol. The first-order valence-electron chi connectivity index (χ1n) is 6.05. The summed E-state index contributed by atoms with van der Waals surface area (Å²) in [5, 5.41) is 17.2. The second-order valence-corrected chi connectivity index (χ2v) is 5.13. The van der Waals surface area contributed by atoms with E-state index in [2.05, 4.69) is 15.2 Å². The van der Waals surface area contributed by atoms with E-state index in [4.69, 9.17) is 9.47 Å². The van der Waals surface area contributed by atoms with Crippen molar-refractivity contribution in [1.82, 2.24) is 15.2 Å². The minimum Gasteiger partial charge on any atom is -0.502 e. The number of rotatable bonds is 6. The highest BCUT2D eigenvalue weighted by atomic mass is 32.2. The van der Waals surface area contributed by atoms with Crippen LogP contribution in [0.3, 0.4) is 0 Å². The number of aromatic hydroxyl groups is 1. The molecule has 21 heavy (non-hydrogen) atoms. The van der Waals surface area contributed by atoms with Gasteiger partial charge in [-0.15, -0.1) is 5.10 Å². The fourth-order valence-corrected chi connectivity index (χ4v) is 2.23. The molecule has 0 amide bonds. The quantitative estimate of drug-likeness (QED) is 0.786. The number of methoxy groups -OCH3 is 2. The molecule has 0 fully saturated rings. The minimum absolute atomic E-state index is 0.0549. The first-order valence-corrected chi connectivity index (χ1v) is 7.03. The Morgan fingerprint density at radius 1 is 1.33 bits per heavy atom. The van der Waals surface area contributed by atoms with E-state index in [0.717, 1.165) is 0 Å². The van der Waals surface area contributed by atoms with Crippen LogP contribution in [0.4, 0.5) is 0 Å². The van der Waals surface area contributed by atoms with Crippen LogP contribution >= 0.6 is 11.8 Å². The van der Waals surface area contributed by atoms with Gasteiger partial charge in [0.2, 0.25) is 10.9 Å². The molecule has 112 valence electrons. The van der Waals surface area contributed by atoms with Gasteiger partial charge in [-0.1, -0.05) is 11.8 Å². The zero-order valence-corrected chi connectivity index (χ0v) is 12.7. The average molecular weight is 309 g/mol.